The number of nitrogens with zero attached hydrogens (tertiary/aromatic N) is 4. The number of nitrogens with one attached hydrogen (secondary N) is 3. The second-order valence-electron chi connectivity index (χ2n) is 8.90. The maximum atomic E-state index is 13.8. The van der Waals surface area contributed by atoms with Crippen molar-refractivity contribution in [3.05, 3.63) is 42.5 Å². The Bertz CT molecular complexity index is 1380. The normalized spacial score (nSPS) is 18.9. The summed E-state index contributed by atoms with van der Waals surface area (Å²) in [5, 5.41) is 10.6. The Hall–Kier alpha value is -3.63. The van der Waals surface area contributed by atoms with Crippen molar-refractivity contribution in [3.63, 3.8) is 0 Å². The van der Waals surface area contributed by atoms with Crippen molar-refractivity contribution < 1.29 is 18.0 Å². The number of pyridine rings is 1. The molecule has 170 valence electrons. The molecule has 2 aliphatic carbocycles. The van der Waals surface area contributed by atoms with E-state index in [1.165, 1.54) is 6.20 Å². The number of hydrogen-bond donors (Lipinski definition) is 3. The zero-order valence-corrected chi connectivity index (χ0v) is 17.4. The van der Waals surface area contributed by atoms with Crippen LogP contribution >= 0.6 is 0 Å². The molecule has 0 aliphatic heterocycles. The Morgan fingerprint density at radius 2 is 2.06 bits per heavy atom. The molecule has 8 nitrogen and oxygen atoms in total. The molecular weight excluding hydrogens is 435 g/mol. The number of aromatic nitrogens is 5. The standard InChI is InChI=1S/C22H20F3N7O/c23-21(2-3-21)11-28-20-27-9-15-14(8-26-18(15)31-20)12-1-4-32-17(5-12)16(10-29-32)19(33)30-13-6-22(24,25)7-13/h1,4-5,8-10,13H,2-3,6-7,11H2,(H,30,33)(H2,26,27,28,31). The lowest BCUT2D eigenvalue weighted by Gasteiger charge is -2.35. The van der Waals surface area contributed by atoms with Gasteiger partial charge in [0.1, 0.15) is 11.3 Å². The minimum Gasteiger partial charge on any atom is -0.351 e. The third-order valence-corrected chi connectivity index (χ3v) is 6.29. The summed E-state index contributed by atoms with van der Waals surface area (Å²) in [5.41, 5.74) is 1.96. The number of carbonyl (C=O) groups is 1. The predicted molar refractivity (Wildman–Crippen MR) is 115 cm³/mol. The first kappa shape index (κ1) is 20.0. The van der Waals surface area contributed by atoms with E-state index >= 15 is 0 Å². The van der Waals surface area contributed by atoms with E-state index in [0.717, 1.165) is 16.5 Å². The van der Waals surface area contributed by atoms with E-state index in [9.17, 15) is 18.0 Å². The van der Waals surface area contributed by atoms with Crippen molar-refractivity contribution >= 4 is 28.4 Å². The van der Waals surface area contributed by atoms with Crippen molar-refractivity contribution in [2.45, 2.75) is 43.3 Å². The van der Waals surface area contributed by atoms with Crippen LogP contribution in [0.3, 0.4) is 0 Å². The number of halogens is 3. The van der Waals surface area contributed by atoms with E-state index in [1.807, 2.05) is 12.1 Å². The second kappa shape index (κ2) is 6.93. The van der Waals surface area contributed by atoms with Crippen LogP contribution in [0, 0.1) is 0 Å². The van der Waals surface area contributed by atoms with Crippen molar-refractivity contribution in [2.24, 2.45) is 0 Å². The Morgan fingerprint density at radius 3 is 2.82 bits per heavy atom. The molecule has 2 saturated carbocycles. The lowest BCUT2D eigenvalue weighted by molar-refractivity contribution is -0.0901. The number of amides is 1. The van der Waals surface area contributed by atoms with Gasteiger partial charge in [0.05, 0.1) is 23.8 Å². The molecule has 2 fully saturated rings. The Labute approximate surface area is 185 Å². The molecule has 0 aromatic carbocycles. The minimum atomic E-state index is -2.70. The van der Waals surface area contributed by atoms with Crippen LogP contribution in [-0.2, 0) is 0 Å². The summed E-state index contributed by atoms with van der Waals surface area (Å²) in [7, 11) is 0. The van der Waals surface area contributed by atoms with Crippen LogP contribution in [0.5, 0.6) is 0 Å². The number of H-pyrrole nitrogens is 1. The van der Waals surface area contributed by atoms with Crippen LogP contribution in [0.4, 0.5) is 19.1 Å². The summed E-state index contributed by atoms with van der Waals surface area (Å²) in [6.07, 6.45) is 7.03. The number of carbonyl (C=O) groups excluding carboxylic acids is 1. The SMILES string of the molecule is O=C(NC1CC(F)(F)C1)c1cnn2ccc(-c3c[nH]c4nc(NCC5(F)CC5)ncc34)cc12. The highest BCUT2D eigenvalue weighted by Crippen LogP contribution is 2.39. The molecule has 0 unspecified atom stereocenters. The van der Waals surface area contributed by atoms with Crippen molar-refractivity contribution in [3.8, 4) is 11.1 Å². The topological polar surface area (TPSA) is 100 Å². The summed E-state index contributed by atoms with van der Waals surface area (Å²) in [5.74, 6) is -2.78. The number of hydrogen-bond acceptors (Lipinski definition) is 5. The van der Waals surface area contributed by atoms with Gasteiger partial charge in [-0.2, -0.15) is 10.1 Å². The van der Waals surface area contributed by atoms with E-state index in [0.29, 0.717) is 35.5 Å². The molecule has 0 bridgehead atoms. The van der Waals surface area contributed by atoms with Gasteiger partial charge in [0, 0.05) is 48.4 Å². The molecule has 3 N–H and O–H groups in total. The van der Waals surface area contributed by atoms with Crippen LogP contribution in [0.1, 0.15) is 36.0 Å². The maximum Gasteiger partial charge on any atom is 0.255 e. The molecule has 0 radical (unpaired) electrons. The van der Waals surface area contributed by atoms with Crippen LogP contribution in [0.15, 0.2) is 36.9 Å². The molecular formula is C22H20F3N7O. The number of aromatic amines is 1. The van der Waals surface area contributed by atoms with Gasteiger partial charge in [0.25, 0.3) is 11.8 Å². The number of rotatable bonds is 6. The van der Waals surface area contributed by atoms with Crippen molar-refractivity contribution in [1.29, 1.82) is 0 Å². The van der Waals surface area contributed by atoms with Crippen LogP contribution in [-0.4, -0.2) is 54.7 Å². The smallest absolute Gasteiger partial charge is 0.255 e. The monoisotopic (exact) mass is 455 g/mol. The van der Waals surface area contributed by atoms with Crippen LogP contribution in [0.2, 0.25) is 0 Å². The van der Waals surface area contributed by atoms with Gasteiger partial charge in [-0.25, -0.2) is 22.7 Å². The van der Waals surface area contributed by atoms with Crippen molar-refractivity contribution in [1.82, 2.24) is 29.9 Å². The molecule has 6 rings (SSSR count). The third kappa shape index (κ3) is 3.66. The second-order valence-corrected chi connectivity index (χ2v) is 8.90. The third-order valence-electron chi connectivity index (χ3n) is 6.29. The summed E-state index contributed by atoms with van der Waals surface area (Å²) in [6.45, 7) is 0.188. The van der Waals surface area contributed by atoms with Gasteiger partial charge in [-0.05, 0) is 30.5 Å². The molecule has 33 heavy (non-hydrogen) atoms. The highest BCUT2D eigenvalue weighted by atomic mass is 19.3. The molecule has 0 saturated heterocycles. The lowest BCUT2D eigenvalue weighted by atomic mass is 9.88. The van der Waals surface area contributed by atoms with Crippen molar-refractivity contribution in [2.75, 3.05) is 11.9 Å². The number of alkyl halides is 3. The highest BCUT2D eigenvalue weighted by molar-refractivity contribution is 6.02. The molecule has 0 spiro atoms. The summed E-state index contributed by atoms with van der Waals surface area (Å²) >= 11 is 0. The van der Waals surface area contributed by atoms with Gasteiger partial charge < -0.3 is 15.6 Å². The minimum absolute atomic E-state index is 0.188. The Kier molecular flexibility index (Phi) is 4.20. The first-order valence-corrected chi connectivity index (χ1v) is 10.7. The molecule has 2 aliphatic rings. The van der Waals surface area contributed by atoms with Gasteiger partial charge in [0.15, 0.2) is 0 Å². The Balaban J connectivity index is 1.27. The van der Waals surface area contributed by atoms with Gasteiger partial charge in [0.2, 0.25) is 5.95 Å². The fourth-order valence-corrected chi connectivity index (χ4v) is 4.13. The zero-order valence-electron chi connectivity index (χ0n) is 17.4. The van der Waals surface area contributed by atoms with E-state index in [4.69, 9.17) is 0 Å². The first-order chi connectivity index (χ1) is 15.8. The van der Waals surface area contributed by atoms with Crippen LogP contribution in [0.25, 0.3) is 27.7 Å². The number of fused-ring (bicyclic) bond motifs is 2. The average Bonchev–Trinajstić information content (AvgIpc) is 3.18. The molecule has 4 aromatic heterocycles. The molecule has 0 atom stereocenters. The van der Waals surface area contributed by atoms with Gasteiger partial charge in [-0.1, -0.05) is 0 Å². The largest absolute Gasteiger partial charge is 0.351 e. The number of anilines is 1. The summed E-state index contributed by atoms with van der Waals surface area (Å²) < 4.78 is 41.6. The van der Waals surface area contributed by atoms with E-state index < -0.39 is 23.5 Å². The van der Waals surface area contributed by atoms with E-state index in [1.54, 1.807) is 23.1 Å². The van der Waals surface area contributed by atoms with Crippen LogP contribution < -0.4 is 10.6 Å². The Morgan fingerprint density at radius 1 is 1.24 bits per heavy atom. The molecule has 4 aromatic rings. The first-order valence-electron chi connectivity index (χ1n) is 10.7. The van der Waals surface area contributed by atoms with Gasteiger partial charge in [-0.15, -0.1) is 0 Å². The predicted octanol–water partition coefficient (Wildman–Crippen LogP) is 3.71. The van der Waals surface area contributed by atoms with Gasteiger partial charge >= 0.3 is 0 Å². The molecule has 11 heteroatoms. The summed E-state index contributed by atoms with van der Waals surface area (Å²) in [6, 6.07) is 3.13. The van der Waals surface area contributed by atoms with Gasteiger partial charge in [-0.3, -0.25) is 4.79 Å². The quantitative estimate of drug-likeness (QED) is 0.412. The fourth-order valence-electron chi connectivity index (χ4n) is 4.13. The van der Waals surface area contributed by atoms with E-state index in [2.05, 4.69) is 30.7 Å². The lowest BCUT2D eigenvalue weighted by Crippen LogP contribution is -2.50. The maximum absolute atomic E-state index is 13.8. The average molecular weight is 455 g/mol. The van der Waals surface area contributed by atoms with E-state index in [-0.39, 0.29) is 19.4 Å². The fraction of sp³-hybridized carbons (Fsp3) is 0.364. The molecule has 1 amide bonds. The molecule has 4 heterocycles. The zero-order chi connectivity index (χ0) is 22.8. The highest BCUT2D eigenvalue weighted by Gasteiger charge is 2.46. The summed E-state index contributed by atoms with van der Waals surface area (Å²) in [4.78, 5) is 24.5.